The van der Waals surface area contributed by atoms with E-state index < -0.39 is 0 Å². The van der Waals surface area contributed by atoms with Gasteiger partial charge in [0.2, 0.25) is 5.88 Å². The Bertz CT molecular complexity index is 822. The molecule has 2 heterocycles. The van der Waals surface area contributed by atoms with Crippen LogP contribution in [-0.4, -0.2) is 56.3 Å². The van der Waals surface area contributed by atoms with Crippen LogP contribution in [-0.2, 0) is 0 Å². The molecule has 0 aliphatic carbocycles. The van der Waals surface area contributed by atoms with Crippen LogP contribution in [0.15, 0.2) is 24.3 Å². The van der Waals surface area contributed by atoms with E-state index in [1.165, 1.54) is 20.0 Å². The van der Waals surface area contributed by atoms with Gasteiger partial charge in [-0.1, -0.05) is 0 Å². The van der Waals surface area contributed by atoms with Gasteiger partial charge >= 0.3 is 0 Å². The first kappa shape index (κ1) is 19.7. The van der Waals surface area contributed by atoms with Gasteiger partial charge in [-0.15, -0.1) is 0 Å². The number of nitrogens with one attached hydrogen (secondary N) is 1. The normalized spacial score (nSPS) is 13.3. The van der Waals surface area contributed by atoms with Gasteiger partial charge < -0.3 is 24.4 Å². The first-order chi connectivity index (χ1) is 13.6. The summed E-state index contributed by atoms with van der Waals surface area (Å²) in [7, 11) is 3.09. The molecule has 150 valence electrons. The average Bonchev–Trinajstić information content (AvgIpc) is 3.25. The maximum absolute atomic E-state index is 12.3. The first-order valence-electron chi connectivity index (χ1n) is 9.34. The molecule has 0 bridgehead atoms. The number of aromatic nitrogens is 2. The lowest BCUT2D eigenvalue weighted by atomic mass is 10.2. The molecule has 8 nitrogen and oxygen atoms in total. The number of ether oxygens (including phenoxy) is 3. The second-order valence-corrected chi connectivity index (χ2v) is 6.48. The quantitative estimate of drug-likeness (QED) is 0.696. The molecule has 0 unspecified atom stereocenters. The number of carbonyl (C=O) groups excluding carboxylic acids is 1. The lowest BCUT2D eigenvalue weighted by Crippen LogP contribution is -2.28. The highest BCUT2D eigenvalue weighted by Gasteiger charge is 2.15. The molecule has 1 aliphatic rings. The number of rotatable bonds is 8. The van der Waals surface area contributed by atoms with Crippen molar-refractivity contribution in [1.29, 1.82) is 0 Å². The molecule has 0 atom stereocenters. The van der Waals surface area contributed by atoms with Crippen LogP contribution in [0.25, 0.3) is 0 Å². The summed E-state index contributed by atoms with van der Waals surface area (Å²) in [6.45, 7) is 4.55. The molecule has 1 fully saturated rings. The van der Waals surface area contributed by atoms with Crippen LogP contribution in [0.1, 0.15) is 29.0 Å². The van der Waals surface area contributed by atoms with Crippen molar-refractivity contribution in [2.75, 3.05) is 45.4 Å². The minimum Gasteiger partial charge on any atom is -0.493 e. The van der Waals surface area contributed by atoms with Crippen LogP contribution in [0.2, 0.25) is 0 Å². The molecule has 1 amide bonds. The van der Waals surface area contributed by atoms with Crippen LogP contribution < -0.4 is 24.4 Å². The number of amides is 1. The van der Waals surface area contributed by atoms with E-state index in [9.17, 15) is 4.79 Å². The highest BCUT2D eigenvalue weighted by atomic mass is 16.5. The number of hydrogen-bond acceptors (Lipinski definition) is 7. The van der Waals surface area contributed by atoms with Gasteiger partial charge in [-0.3, -0.25) is 4.79 Å². The van der Waals surface area contributed by atoms with Crippen molar-refractivity contribution in [2.24, 2.45) is 0 Å². The molecule has 1 saturated heterocycles. The molecule has 1 aromatic carbocycles. The van der Waals surface area contributed by atoms with Crippen LogP contribution in [0, 0.1) is 6.92 Å². The fourth-order valence-corrected chi connectivity index (χ4v) is 3.11. The smallest absolute Gasteiger partial charge is 0.251 e. The van der Waals surface area contributed by atoms with Crippen molar-refractivity contribution in [3.63, 3.8) is 0 Å². The SMILES string of the molecule is COc1ccc(C(=O)NCCOc2cc(N3CCCC3)nc(C)n2)cc1OC. The Morgan fingerprint density at radius 2 is 1.86 bits per heavy atom. The second kappa shape index (κ2) is 9.25. The summed E-state index contributed by atoms with van der Waals surface area (Å²) in [4.78, 5) is 23.4. The zero-order chi connectivity index (χ0) is 19.9. The molecule has 8 heteroatoms. The average molecular weight is 386 g/mol. The molecule has 1 N–H and O–H groups in total. The summed E-state index contributed by atoms with van der Waals surface area (Å²) in [5, 5.41) is 2.83. The molecular weight excluding hydrogens is 360 g/mol. The summed E-state index contributed by atoms with van der Waals surface area (Å²) in [5.41, 5.74) is 0.492. The Hall–Kier alpha value is -3.03. The fourth-order valence-electron chi connectivity index (χ4n) is 3.11. The van der Waals surface area contributed by atoms with E-state index in [4.69, 9.17) is 14.2 Å². The van der Waals surface area contributed by atoms with E-state index in [2.05, 4.69) is 20.2 Å². The van der Waals surface area contributed by atoms with E-state index in [1.807, 2.05) is 13.0 Å². The maximum atomic E-state index is 12.3. The number of benzene rings is 1. The number of nitrogens with zero attached hydrogens (tertiary/aromatic N) is 3. The molecule has 3 rings (SSSR count). The Kier molecular flexibility index (Phi) is 6.52. The fraction of sp³-hybridized carbons (Fsp3) is 0.450. The van der Waals surface area contributed by atoms with Gasteiger partial charge in [0, 0.05) is 24.7 Å². The second-order valence-electron chi connectivity index (χ2n) is 6.48. The number of anilines is 1. The third kappa shape index (κ3) is 4.82. The van der Waals surface area contributed by atoms with Gasteiger partial charge in [0.1, 0.15) is 18.2 Å². The van der Waals surface area contributed by atoms with E-state index >= 15 is 0 Å². The zero-order valence-electron chi connectivity index (χ0n) is 16.5. The predicted octanol–water partition coefficient (Wildman–Crippen LogP) is 2.21. The van der Waals surface area contributed by atoms with Crippen LogP contribution in [0.4, 0.5) is 5.82 Å². The Balaban J connectivity index is 1.52. The Labute approximate surface area is 164 Å². The van der Waals surface area contributed by atoms with Crippen LogP contribution >= 0.6 is 0 Å². The van der Waals surface area contributed by atoms with E-state index in [0.29, 0.717) is 41.9 Å². The largest absolute Gasteiger partial charge is 0.493 e. The number of hydrogen-bond donors (Lipinski definition) is 1. The van der Waals surface area contributed by atoms with Gasteiger partial charge in [-0.2, -0.15) is 4.98 Å². The standard InChI is InChI=1S/C20H26N4O4/c1-14-22-18(24-9-4-5-10-24)13-19(23-14)28-11-8-21-20(25)15-6-7-16(26-2)17(12-15)27-3/h6-7,12-13H,4-5,8-11H2,1-3H3,(H,21,25). The summed E-state index contributed by atoms with van der Waals surface area (Å²) in [6, 6.07) is 6.89. The maximum Gasteiger partial charge on any atom is 0.251 e. The molecule has 28 heavy (non-hydrogen) atoms. The number of methoxy groups -OCH3 is 2. The summed E-state index contributed by atoms with van der Waals surface area (Å²) in [6.07, 6.45) is 2.36. The van der Waals surface area contributed by atoms with Gasteiger partial charge in [-0.25, -0.2) is 4.98 Å². The number of carbonyl (C=O) groups is 1. The van der Waals surface area contributed by atoms with Crippen molar-refractivity contribution >= 4 is 11.7 Å². The molecule has 0 radical (unpaired) electrons. The van der Waals surface area contributed by atoms with Crippen LogP contribution in [0.3, 0.4) is 0 Å². The monoisotopic (exact) mass is 386 g/mol. The minimum atomic E-state index is -0.207. The third-order valence-electron chi connectivity index (χ3n) is 4.51. The summed E-state index contributed by atoms with van der Waals surface area (Å²) >= 11 is 0. The van der Waals surface area contributed by atoms with E-state index in [1.54, 1.807) is 25.3 Å². The Morgan fingerprint density at radius 1 is 1.11 bits per heavy atom. The lowest BCUT2D eigenvalue weighted by Gasteiger charge is -2.17. The van der Waals surface area contributed by atoms with Gasteiger partial charge in [-0.05, 0) is 38.0 Å². The number of aryl methyl sites for hydroxylation is 1. The molecule has 0 saturated carbocycles. The van der Waals surface area contributed by atoms with Crippen molar-refractivity contribution in [3.05, 3.63) is 35.7 Å². The topological polar surface area (TPSA) is 85.8 Å². The van der Waals surface area contributed by atoms with Crippen molar-refractivity contribution in [2.45, 2.75) is 19.8 Å². The van der Waals surface area contributed by atoms with Crippen molar-refractivity contribution < 1.29 is 19.0 Å². The summed E-state index contributed by atoms with van der Waals surface area (Å²) < 4.78 is 16.1. The zero-order valence-corrected chi connectivity index (χ0v) is 16.5. The molecule has 1 aromatic heterocycles. The first-order valence-corrected chi connectivity index (χ1v) is 9.34. The van der Waals surface area contributed by atoms with Gasteiger partial charge in [0.15, 0.2) is 11.5 Å². The molecule has 0 spiro atoms. The predicted molar refractivity (Wildman–Crippen MR) is 106 cm³/mol. The lowest BCUT2D eigenvalue weighted by molar-refractivity contribution is 0.0946. The van der Waals surface area contributed by atoms with E-state index in [0.717, 1.165) is 18.9 Å². The summed E-state index contributed by atoms with van der Waals surface area (Å²) in [5.74, 6) is 2.98. The van der Waals surface area contributed by atoms with Crippen molar-refractivity contribution in [1.82, 2.24) is 15.3 Å². The minimum absolute atomic E-state index is 0.207. The van der Waals surface area contributed by atoms with Gasteiger partial charge in [0.05, 0.1) is 20.8 Å². The Morgan fingerprint density at radius 3 is 2.57 bits per heavy atom. The highest BCUT2D eigenvalue weighted by Crippen LogP contribution is 2.27. The molecular formula is C20H26N4O4. The molecule has 1 aliphatic heterocycles. The molecule has 2 aromatic rings. The highest BCUT2D eigenvalue weighted by molar-refractivity contribution is 5.94. The van der Waals surface area contributed by atoms with Crippen molar-refractivity contribution in [3.8, 4) is 17.4 Å². The third-order valence-corrected chi connectivity index (χ3v) is 4.51. The van der Waals surface area contributed by atoms with E-state index in [-0.39, 0.29) is 5.91 Å². The van der Waals surface area contributed by atoms with Gasteiger partial charge in [0.25, 0.3) is 5.91 Å². The van der Waals surface area contributed by atoms with Crippen LogP contribution in [0.5, 0.6) is 17.4 Å².